The first-order valence-electron chi connectivity index (χ1n) is 9.54. The molecule has 32 heavy (non-hydrogen) atoms. The average Bonchev–Trinajstić information content (AvgIpc) is 2.99. The lowest BCUT2D eigenvalue weighted by Gasteiger charge is -2.17. The van der Waals surface area contributed by atoms with E-state index in [1.54, 1.807) is 43.3 Å². The molecule has 6 nitrogen and oxygen atoms in total. The molecular formula is C24H16ClFN2O4. The summed E-state index contributed by atoms with van der Waals surface area (Å²) in [6.07, 6.45) is 0. The first-order chi connectivity index (χ1) is 15.3. The molecule has 3 aromatic rings. The van der Waals surface area contributed by atoms with Gasteiger partial charge in [0.1, 0.15) is 22.3 Å². The Kier molecular flexibility index (Phi) is 5.75. The summed E-state index contributed by atoms with van der Waals surface area (Å²) in [7, 11) is 0. The van der Waals surface area contributed by atoms with Crippen LogP contribution in [0.1, 0.15) is 15.9 Å². The van der Waals surface area contributed by atoms with E-state index in [0.717, 1.165) is 10.5 Å². The smallest absolute Gasteiger partial charge is 0.343 e. The number of benzene rings is 3. The molecule has 0 saturated heterocycles. The van der Waals surface area contributed by atoms with Crippen molar-refractivity contribution in [3.05, 3.63) is 100 Å². The number of carbonyl (C=O) groups excluding carboxylic acids is 3. The fourth-order valence-electron chi connectivity index (χ4n) is 3.15. The largest absolute Gasteiger partial charge is 0.423 e. The van der Waals surface area contributed by atoms with Crippen LogP contribution in [-0.4, -0.2) is 17.8 Å². The maximum absolute atomic E-state index is 13.0. The van der Waals surface area contributed by atoms with Gasteiger partial charge in [0.2, 0.25) is 0 Å². The van der Waals surface area contributed by atoms with Gasteiger partial charge in [0, 0.05) is 5.69 Å². The highest BCUT2D eigenvalue weighted by molar-refractivity contribution is 6.53. The van der Waals surface area contributed by atoms with Crippen molar-refractivity contribution in [2.24, 2.45) is 0 Å². The number of rotatable bonds is 5. The van der Waals surface area contributed by atoms with Crippen LogP contribution in [0.5, 0.6) is 5.75 Å². The lowest BCUT2D eigenvalue weighted by atomic mass is 10.2. The van der Waals surface area contributed by atoms with Gasteiger partial charge >= 0.3 is 5.97 Å². The summed E-state index contributed by atoms with van der Waals surface area (Å²) in [5.74, 6) is -2.05. The van der Waals surface area contributed by atoms with Gasteiger partial charge in [-0.15, -0.1) is 0 Å². The van der Waals surface area contributed by atoms with Crippen LogP contribution in [0.3, 0.4) is 0 Å². The van der Waals surface area contributed by atoms with Crippen LogP contribution < -0.4 is 15.0 Å². The van der Waals surface area contributed by atoms with E-state index in [1.807, 2.05) is 0 Å². The first-order valence-corrected chi connectivity index (χ1v) is 9.92. The number of para-hydroxylation sites is 1. The number of nitrogens with one attached hydrogen (secondary N) is 1. The Labute approximate surface area is 187 Å². The highest BCUT2D eigenvalue weighted by Gasteiger charge is 2.39. The SMILES string of the molecule is Cc1ccccc1N1C(=O)C(Cl)=C(Nc2ccc(C(=O)Oc3ccc(F)cc3)cc2)C1=O. The van der Waals surface area contributed by atoms with Gasteiger partial charge in [-0.1, -0.05) is 29.8 Å². The number of esters is 1. The summed E-state index contributed by atoms with van der Waals surface area (Å²) in [4.78, 5) is 38.8. The highest BCUT2D eigenvalue weighted by atomic mass is 35.5. The van der Waals surface area contributed by atoms with E-state index in [0.29, 0.717) is 11.4 Å². The van der Waals surface area contributed by atoms with Crippen molar-refractivity contribution in [2.75, 3.05) is 10.2 Å². The molecule has 3 aromatic carbocycles. The molecule has 0 unspecified atom stereocenters. The van der Waals surface area contributed by atoms with Crippen LogP contribution in [0.4, 0.5) is 15.8 Å². The minimum Gasteiger partial charge on any atom is -0.423 e. The van der Waals surface area contributed by atoms with E-state index >= 15 is 0 Å². The lowest BCUT2D eigenvalue weighted by molar-refractivity contribution is -0.120. The number of hydrogen-bond donors (Lipinski definition) is 1. The van der Waals surface area contributed by atoms with Gasteiger partial charge in [-0.2, -0.15) is 0 Å². The summed E-state index contributed by atoms with van der Waals surface area (Å²) < 4.78 is 18.2. The quantitative estimate of drug-likeness (QED) is 0.343. The van der Waals surface area contributed by atoms with Crippen molar-refractivity contribution in [3.63, 3.8) is 0 Å². The minimum absolute atomic E-state index is 0.0541. The first kappa shape index (κ1) is 21.3. The molecule has 1 aliphatic rings. The molecule has 1 heterocycles. The lowest BCUT2D eigenvalue weighted by Crippen LogP contribution is -2.32. The molecule has 2 amide bonds. The molecule has 0 aliphatic carbocycles. The third kappa shape index (κ3) is 4.10. The topological polar surface area (TPSA) is 75.7 Å². The van der Waals surface area contributed by atoms with Crippen LogP contribution in [0.25, 0.3) is 0 Å². The van der Waals surface area contributed by atoms with Crippen molar-refractivity contribution < 1.29 is 23.5 Å². The number of carbonyl (C=O) groups is 3. The Morgan fingerprint density at radius 1 is 0.938 bits per heavy atom. The zero-order valence-electron chi connectivity index (χ0n) is 16.8. The number of ether oxygens (including phenoxy) is 1. The molecule has 160 valence electrons. The Hall–Kier alpha value is -3.97. The molecule has 0 atom stereocenters. The molecule has 1 aliphatic heterocycles. The van der Waals surface area contributed by atoms with Gasteiger partial charge in [-0.25, -0.2) is 14.1 Å². The molecule has 1 N–H and O–H groups in total. The molecule has 0 aromatic heterocycles. The van der Waals surface area contributed by atoms with Crippen molar-refractivity contribution in [1.29, 1.82) is 0 Å². The van der Waals surface area contributed by atoms with Gasteiger partial charge in [-0.3, -0.25) is 9.59 Å². The second kappa shape index (κ2) is 8.64. The molecule has 0 saturated carbocycles. The number of imide groups is 1. The van der Waals surface area contributed by atoms with E-state index in [4.69, 9.17) is 16.3 Å². The Balaban J connectivity index is 1.49. The van der Waals surface area contributed by atoms with Crippen LogP contribution in [0.15, 0.2) is 83.5 Å². The summed E-state index contributed by atoms with van der Waals surface area (Å²) in [5.41, 5.74) is 1.85. The maximum Gasteiger partial charge on any atom is 0.343 e. The number of anilines is 2. The molecular weight excluding hydrogens is 435 g/mol. The second-order valence-corrected chi connectivity index (χ2v) is 7.34. The van der Waals surface area contributed by atoms with Gasteiger partial charge in [0.15, 0.2) is 0 Å². The van der Waals surface area contributed by atoms with Crippen molar-refractivity contribution >= 4 is 40.8 Å². The normalized spacial score (nSPS) is 13.5. The van der Waals surface area contributed by atoms with Gasteiger partial charge in [0.25, 0.3) is 11.8 Å². The van der Waals surface area contributed by atoms with E-state index in [9.17, 15) is 18.8 Å². The number of nitrogens with zero attached hydrogens (tertiary/aromatic N) is 1. The highest BCUT2D eigenvalue weighted by Crippen LogP contribution is 2.31. The van der Waals surface area contributed by atoms with Crippen LogP contribution >= 0.6 is 11.6 Å². The second-order valence-electron chi connectivity index (χ2n) is 6.97. The van der Waals surface area contributed by atoms with Crippen LogP contribution in [0, 0.1) is 12.7 Å². The van der Waals surface area contributed by atoms with E-state index in [1.165, 1.54) is 36.4 Å². The third-order valence-corrected chi connectivity index (χ3v) is 5.15. The molecule has 8 heteroatoms. The van der Waals surface area contributed by atoms with E-state index in [-0.39, 0.29) is 22.0 Å². The summed E-state index contributed by atoms with van der Waals surface area (Å²) in [6, 6.07) is 18.1. The van der Waals surface area contributed by atoms with Crippen molar-refractivity contribution in [2.45, 2.75) is 6.92 Å². The molecule has 0 fully saturated rings. The average molecular weight is 451 g/mol. The van der Waals surface area contributed by atoms with Crippen molar-refractivity contribution in [1.82, 2.24) is 0 Å². The van der Waals surface area contributed by atoms with Gasteiger partial charge in [0.05, 0.1) is 11.3 Å². The monoisotopic (exact) mass is 450 g/mol. The fourth-order valence-corrected chi connectivity index (χ4v) is 3.36. The zero-order valence-corrected chi connectivity index (χ0v) is 17.5. The third-order valence-electron chi connectivity index (χ3n) is 4.80. The number of hydrogen-bond acceptors (Lipinski definition) is 5. The standard InChI is InChI=1S/C24H16ClFN2O4/c1-14-4-2-3-5-19(14)28-22(29)20(25)21(23(28)30)27-17-10-6-15(7-11-17)24(31)32-18-12-8-16(26)9-13-18/h2-13,27H,1H3. The Morgan fingerprint density at radius 2 is 1.59 bits per heavy atom. The number of halogens is 2. The summed E-state index contributed by atoms with van der Waals surface area (Å²) in [6.45, 7) is 1.79. The predicted octanol–water partition coefficient (Wildman–Crippen LogP) is 4.79. The predicted molar refractivity (Wildman–Crippen MR) is 118 cm³/mol. The van der Waals surface area contributed by atoms with Crippen LogP contribution in [-0.2, 0) is 9.59 Å². The Morgan fingerprint density at radius 3 is 2.25 bits per heavy atom. The minimum atomic E-state index is -0.627. The summed E-state index contributed by atoms with van der Waals surface area (Å²) >= 11 is 6.16. The molecule has 0 spiro atoms. The molecule has 0 radical (unpaired) electrons. The fraction of sp³-hybridized carbons (Fsp3) is 0.0417. The van der Waals surface area contributed by atoms with E-state index < -0.39 is 23.6 Å². The van der Waals surface area contributed by atoms with Crippen LogP contribution in [0.2, 0.25) is 0 Å². The maximum atomic E-state index is 13.0. The van der Waals surface area contributed by atoms with Gasteiger partial charge in [-0.05, 0) is 67.1 Å². The van der Waals surface area contributed by atoms with Gasteiger partial charge < -0.3 is 10.1 Å². The zero-order chi connectivity index (χ0) is 22.8. The molecule has 4 rings (SSSR count). The van der Waals surface area contributed by atoms with E-state index in [2.05, 4.69) is 5.32 Å². The number of amides is 2. The Bertz CT molecular complexity index is 1250. The summed E-state index contributed by atoms with van der Waals surface area (Å²) in [5, 5.41) is 2.63. The number of aryl methyl sites for hydroxylation is 1. The van der Waals surface area contributed by atoms with Crippen molar-refractivity contribution in [3.8, 4) is 5.75 Å². The molecule has 0 bridgehead atoms.